The van der Waals surface area contributed by atoms with Gasteiger partial charge < -0.3 is 9.64 Å². The van der Waals surface area contributed by atoms with Gasteiger partial charge in [-0.3, -0.25) is 9.69 Å². The first-order chi connectivity index (χ1) is 13.7. The summed E-state index contributed by atoms with van der Waals surface area (Å²) in [6.07, 6.45) is 0. The summed E-state index contributed by atoms with van der Waals surface area (Å²) in [5, 5.41) is 0. The molecule has 1 aliphatic rings. The molecule has 8 heteroatoms. The SMILES string of the molecule is CC1CN(C(=O)COc2cc(F)c(F)cc2Br)C(C)CN1Cc1ccc(F)cc1. The van der Waals surface area contributed by atoms with Crippen molar-refractivity contribution in [2.45, 2.75) is 32.5 Å². The summed E-state index contributed by atoms with van der Waals surface area (Å²) in [4.78, 5) is 16.6. The Labute approximate surface area is 176 Å². The number of rotatable bonds is 5. The number of piperazine rings is 1. The quantitative estimate of drug-likeness (QED) is 0.608. The lowest BCUT2D eigenvalue weighted by Crippen LogP contribution is -2.58. The Balaban J connectivity index is 1.58. The van der Waals surface area contributed by atoms with Gasteiger partial charge in [0.2, 0.25) is 0 Å². The lowest BCUT2D eigenvalue weighted by Gasteiger charge is -2.44. The Hall–Kier alpha value is -2.06. The molecule has 0 N–H and O–H groups in total. The van der Waals surface area contributed by atoms with Crippen LogP contribution in [0.3, 0.4) is 0 Å². The minimum Gasteiger partial charge on any atom is -0.482 e. The maximum atomic E-state index is 13.4. The number of halogens is 4. The van der Waals surface area contributed by atoms with Crippen molar-refractivity contribution in [1.82, 2.24) is 9.80 Å². The molecule has 0 radical (unpaired) electrons. The summed E-state index contributed by atoms with van der Waals surface area (Å²) in [6, 6.07) is 8.35. The van der Waals surface area contributed by atoms with Crippen molar-refractivity contribution in [2.24, 2.45) is 0 Å². The van der Waals surface area contributed by atoms with E-state index in [2.05, 4.69) is 20.8 Å². The van der Waals surface area contributed by atoms with Crippen LogP contribution in [0.1, 0.15) is 19.4 Å². The Morgan fingerprint density at radius 1 is 1.07 bits per heavy atom. The second-order valence-corrected chi connectivity index (χ2v) is 8.14. The molecule has 29 heavy (non-hydrogen) atoms. The number of hydrogen-bond donors (Lipinski definition) is 0. The standard InChI is InChI=1S/C21H22BrF3N2O2/c1-13-10-27(14(2)9-26(13)11-15-3-5-16(23)6-4-15)21(28)12-29-20-8-19(25)18(24)7-17(20)22/h3-8,13-14H,9-12H2,1-2H3. The summed E-state index contributed by atoms with van der Waals surface area (Å²) in [5.41, 5.74) is 1.01. The Bertz CT molecular complexity index is 879. The van der Waals surface area contributed by atoms with Crippen LogP contribution in [-0.4, -0.2) is 47.5 Å². The lowest BCUT2D eigenvalue weighted by atomic mass is 10.1. The van der Waals surface area contributed by atoms with E-state index in [1.54, 1.807) is 17.0 Å². The molecule has 0 saturated carbocycles. The van der Waals surface area contributed by atoms with Gasteiger partial charge in [-0.05, 0) is 53.5 Å². The third kappa shape index (κ3) is 5.30. The first kappa shape index (κ1) is 21.6. The third-order valence-electron chi connectivity index (χ3n) is 5.06. The number of carbonyl (C=O) groups is 1. The molecule has 0 bridgehead atoms. The number of hydrogen-bond acceptors (Lipinski definition) is 3. The Kier molecular flexibility index (Phi) is 6.85. The van der Waals surface area contributed by atoms with Gasteiger partial charge in [0.25, 0.3) is 5.91 Å². The van der Waals surface area contributed by atoms with Crippen molar-refractivity contribution in [3.05, 3.63) is 63.9 Å². The molecule has 0 spiro atoms. The van der Waals surface area contributed by atoms with Gasteiger partial charge in [0.15, 0.2) is 18.2 Å². The molecule has 2 aromatic carbocycles. The van der Waals surface area contributed by atoms with Gasteiger partial charge in [-0.2, -0.15) is 0 Å². The number of carbonyl (C=O) groups excluding carboxylic acids is 1. The maximum Gasteiger partial charge on any atom is 0.260 e. The van der Waals surface area contributed by atoms with Crippen molar-refractivity contribution >= 4 is 21.8 Å². The molecule has 0 aromatic heterocycles. The molecule has 1 fully saturated rings. The van der Waals surface area contributed by atoms with Crippen LogP contribution in [0, 0.1) is 17.5 Å². The zero-order chi connectivity index (χ0) is 21.1. The normalized spacial score (nSPS) is 20.0. The number of amides is 1. The van der Waals surface area contributed by atoms with Crippen LogP contribution in [0.2, 0.25) is 0 Å². The molecule has 1 aliphatic heterocycles. The van der Waals surface area contributed by atoms with E-state index in [0.717, 1.165) is 17.7 Å². The highest BCUT2D eigenvalue weighted by atomic mass is 79.9. The molecular formula is C21H22BrF3N2O2. The summed E-state index contributed by atoms with van der Waals surface area (Å²) < 4.78 is 45.3. The average Bonchev–Trinajstić information content (AvgIpc) is 2.67. The molecule has 0 aliphatic carbocycles. The molecule has 1 amide bonds. The first-order valence-electron chi connectivity index (χ1n) is 9.30. The molecule has 2 atom stereocenters. The van der Waals surface area contributed by atoms with Gasteiger partial charge in [-0.25, -0.2) is 13.2 Å². The van der Waals surface area contributed by atoms with Crippen molar-refractivity contribution in [2.75, 3.05) is 19.7 Å². The van der Waals surface area contributed by atoms with E-state index < -0.39 is 11.6 Å². The lowest BCUT2D eigenvalue weighted by molar-refractivity contribution is -0.139. The van der Waals surface area contributed by atoms with Crippen molar-refractivity contribution < 1.29 is 22.7 Å². The van der Waals surface area contributed by atoms with Crippen molar-refractivity contribution in [1.29, 1.82) is 0 Å². The highest BCUT2D eigenvalue weighted by molar-refractivity contribution is 9.10. The van der Waals surface area contributed by atoms with E-state index >= 15 is 0 Å². The van der Waals surface area contributed by atoms with E-state index in [0.29, 0.717) is 19.6 Å². The summed E-state index contributed by atoms with van der Waals surface area (Å²) in [7, 11) is 0. The molecule has 4 nitrogen and oxygen atoms in total. The largest absolute Gasteiger partial charge is 0.482 e. The number of benzene rings is 2. The van der Waals surface area contributed by atoms with Gasteiger partial charge in [0, 0.05) is 37.8 Å². The van der Waals surface area contributed by atoms with E-state index in [4.69, 9.17) is 4.74 Å². The van der Waals surface area contributed by atoms with E-state index in [9.17, 15) is 18.0 Å². The van der Waals surface area contributed by atoms with Crippen molar-refractivity contribution in [3.8, 4) is 5.75 Å². The predicted molar refractivity (Wildman–Crippen MR) is 107 cm³/mol. The zero-order valence-corrected chi connectivity index (χ0v) is 17.8. The second-order valence-electron chi connectivity index (χ2n) is 7.29. The number of ether oxygens (including phenoxy) is 1. The fraction of sp³-hybridized carbons (Fsp3) is 0.381. The monoisotopic (exact) mass is 470 g/mol. The van der Waals surface area contributed by atoms with Crippen LogP contribution in [-0.2, 0) is 11.3 Å². The van der Waals surface area contributed by atoms with Gasteiger partial charge in [-0.1, -0.05) is 12.1 Å². The zero-order valence-electron chi connectivity index (χ0n) is 16.2. The minimum absolute atomic E-state index is 0.0452. The first-order valence-corrected chi connectivity index (χ1v) is 10.1. The van der Waals surface area contributed by atoms with Crippen LogP contribution in [0.5, 0.6) is 5.75 Å². The second kappa shape index (κ2) is 9.17. The van der Waals surface area contributed by atoms with E-state index in [1.807, 2.05) is 13.8 Å². The summed E-state index contributed by atoms with van der Waals surface area (Å²) >= 11 is 3.11. The highest BCUT2D eigenvalue weighted by Crippen LogP contribution is 2.28. The molecule has 156 valence electrons. The average molecular weight is 471 g/mol. The maximum absolute atomic E-state index is 13.4. The van der Waals surface area contributed by atoms with Crippen LogP contribution >= 0.6 is 15.9 Å². The Morgan fingerprint density at radius 2 is 1.72 bits per heavy atom. The van der Waals surface area contributed by atoms with Crippen LogP contribution in [0.15, 0.2) is 40.9 Å². The van der Waals surface area contributed by atoms with E-state index in [1.165, 1.54) is 12.1 Å². The van der Waals surface area contributed by atoms with Gasteiger partial charge in [0.1, 0.15) is 11.6 Å². The molecule has 1 saturated heterocycles. The van der Waals surface area contributed by atoms with Crippen LogP contribution in [0.25, 0.3) is 0 Å². The fourth-order valence-electron chi connectivity index (χ4n) is 3.43. The molecule has 3 rings (SSSR count). The highest BCUT2D eigenvalue weighted by Gasteiger charge is 2.32. The smallest absolute Gasteiger partial charge is 0.260 e. The van der Waals surface area contributed by atoms with E-state index in [-0.39, 0.29) is 40.6 Å². The molecule has 1 heterocycles. The molecule has 2 aromatic rings. The Morgan fingerprint density at radius 3 is 2.41 bits per heavy atom. The summed E-state index contributed by atoms with van der Waals surface area (Å²) in [5.74, 6) is -2.43. The number of nitrogens with zero attached hydrogens (tertiary/aromatic N) is 2. The van der Waals surface area contributed by atoms with Crippen LogP contribution < -0.4 is 4.74 Å². The van der Waals surface area contributed by atoms with Gasteiger partial charge >= 0.3 is 0 Å². The topological polar surface area (TPSA) is 32.8 Å². The summed E-state index contributed by atoms with van der Waals surface area (Å²) in [6.45, 7) is 5.57. The van der Waals surface area contributed by atoms with Gasteiger partial charge in [-0.15, -0.1) is 0 Å². The molecule has 2 unspecified atom stereocenters. The molecular weight excluding hydrogens is 449 g/mol. The van der Waals surface area contributed by atoms with Gasteiger partial charge in [0.05, 0.1) is 4.47 Å². The fourth-order valence-corrected chi connectivity index (χ4v) is 3.86. The predicted octanol–water partition coefficient (Wildman–Crippen LogP) is 4.37. The van der Waals surface area contributed by atoms with Crippen molar-refractivity contribution in [3.63, 3.8) is 0 Å². The minimum atomic E-state index is -1.04. The third-order valence-corrected chi connectivity index (χ3v) is 5.68. The van der Waals surface area contributed by atoms with Crippen LogP contribution in [0.4, 0.5) is 13.2 Å².